The monoisotopic (exact) mass is 170 g/mol. The van der Waals surface area contributed by atoms with Gasteiger partial charge in [0.05, 0.1) is 12.7 Å². The van der Waals surface area contributed by atoms with Gasteiger partial charge in [0.1, 0.15) is 6.61 Å². The molecule has 0 bridgehead atoms. The summed E-state index contributed by atoms with van der Waals surface area (Å²) in [7, 11) is 0. The third kappa shape index (κ3) is 2.57. The molecule has 1 aromatic heterocycles. The van der Waals surface area contributed by atoms with Gasteiger partial charge in [0.25, 0.3) is 0 Å². The molecule has 0 saturated heterocycles. The molecule has 3 heteroatoms. The van der Waals surface area contributed by atoms with Crippen LogP contribution in [0.15, 0.2) is 12.3 Å². The molecule has 0 aromatic carbocycles. The van der Waals surface area contributed by atoms with E-state index >= 15 is 0 Å². The van der Waals surface area contributed by atoms with Gasteiger partial charge in [-0.05, 0) is 0 Å². The average molecular weight is 170 g/mol. The van der Waals surface area contributed by atoms with Gasteiger partial charge in [-0.25, -0.2) is 4.68 Å². The van der Waals surface area contributed by atoms with E-state index in [1.807, 2.05) is 38.4 Å². The van der Waals surface area contributed by atoms with Crippen LogP contribution in [0.1, 0.15) is 27.7 Å². The van der Waals surface area contributed by atoms with Crippen LogP contribution in [0.5, 0.6) is 5.88 Å². The molecule has 0 unspecified atom stereocenters. The Morgan fingerprint density at radius 1 is 1.33 bits per heavy atom. The van der Waals surface area contributed by atoms with Crippen LogP contribution in [0, 0.1) is 0 Å². The van der Waals surface area contributed by atoms with Crippen LogP contribution in [0.25, 0.3) is 0 Å². The fourth-order valence-corrected chi connectivity index (χ4v) is 0.848. The Bertz CT molecular complexity index is 178. The van der Waals surface area contributed by atoms with Crippen LogP contribution >= 0.6 is 0 Å². The highest BCUT2D eigenvalue weighted by molar-refractivity contribution is 5.09. The largest absolute Gasteiger partial charge is 0.476 e. The minimum atomic E-state index is 0.781. The molecular weight excluding hydrogens is 152 g/mol. The van der Waals surface area contributed by atoms with E-state index in [-0.39, 0.29) is 0 Å². The number of aromatic nitrogens is 2. The van der Waals surface area contributed by atoms with Crippen LogP contribution in [0.2, 0.25) is 0 Å². The van der Waals surface area contributed by atoms with Crippen LogP contribution < -0.4 is 4.74 Å². The lowest BCUT2D eigenvalue weighted by molar-refractivity contribution is 0.357. The molecule has 0 N–H and O–H groups in total. The summed E-state index contributed by atoms with van der Waals surface area (Å²) < 4.78 is 6.99. The molecule has 0 spiro atoms. The van der Waals surface area contributed by atoms with Crippen molar-refractivity contribution >= 4 is 0 Å². The minimum Gasteiger partial charge on any atom is -0.476 e. The predicted octanol–water partition coefficient (Wildman–Crippen LogP) is 2.33. The SMILES string of the molecule is CC.CC.c1cc2n(n1)CCO2. The summed E-state index contributed by atoms with van der Waals surface area (Å²) in [5.41, 5.74) is 0. The Labute approximate surface area is 74.3 Å². The van der Waals surface area contributed by atoms with E-state index in [0.29, 0.717) is 0 Å². The average Bonchev–Trinajstić information content (AvgIpc) is 2.72. The van der Waals surface area contributed by atoms with Crippen molar-refractivity contribution in [3.8, 4) is 5.88 Å². The maximum absolute atomic E-state index is 5.14. The van der Waals surface area contributed by atoms with Crippen molar-refractivity contribution in [3.05, 3.63) is 12.3 Å². The molecule has 0 fully saturated rings. The predicted molar refractivity (Wildman–Crippen MR) is 50.4 cm³/mol. The number of rotatable bonds is 0. The molecule has 1 aliphatic heterocycles. The van der Waals surface area contributed by atoms with Crippen LogP contribution in [0.3, 0.4) is 0 Å². The van der Waals surface area contributed by atoms with Crippen molar-refractivity contribution < 1.29 is 4.74 Å². The Morgan fingerprint density at radius 2 is 2.00 bits per heavy atom. The first-order valence-corrected chi connectivity index (χ1v) is 4.61. The molecule has 2 heterocycles. The molecule has 1 aromatic rings. The van der Waals surface area contributed by atoms with Crippen LogP contribution in [0.4, 0.5) is 0 Å². The van der Waals surface area contributed by atoms with E-state index < -0.39 is 0 Å². The number of nitrogens with zero attached hydrogens (tertiary/aromatic N) is 2. The quantitative estimate of drug-likeness (QED) is 0.597. The number of fused-ring (bicyclic) bond motifs is 1. The fourth-order valence-electron chi connectivity index (χ4n) is 0.848. The van der Waals surface area contributed by atoms with Crippen molar-refractivity contribution in [3.63, 3.8) is 0 Å². The zero-order valence-corrected chi connectivity index (χ0v) is 8.37. The summed E-state index contributed by atoms with van der Waals surface area (Å²) in [6, 6.07) is 1.87. The lowest BCUT2D eigenvalue weighted by Crippen LogP contribution is -1.93. The van der Waals surface area contributed by atoms with Crippen molar-refractivity contribution in [2.45, 2.75) is 34.2 Å². The number of hydrogen-bond donors (Lipinski definition) is 0. The zero-order valence-electron chi connectivity index (χ0n) is 8.37. The van der Waals surface area contributed by atoms with E-state index in [9.17, 15) is 0 Å². The fraction of sp³-hybridized carbons (Fsp3) is 0.667. The molecule has 0 radical (unpaired) electrons. The standard InChI is InChI=1S/C5H6N2O.2C2H6/c1-2-6-7-3-4-8-5(1)7;2*1-2/h1-2H,3-4H2;2*1-2H3. The Kier molecular flexibility index (Phi) is 6.15. The summed E-state index contributed by atoms with van der Waals surface area (Å²) >= 11 is 0. The first-order valence-electron chi connectivity index (χ1n) is 4.61. The van der Waals surface area contributed by atoms with Crippen LogP contribution in [-0.2, 0) is 6.54 Å². The van der Waals surface area contributed by atoms with Crippen molar-refractivity contribution in [2.24, 2.45) is 0 Å². The second kappa shape index (κ2) is 6.70. The van der Waals surface area contributed by atoms with Gasteiger partial charge >= 0.3 is 0 Å². The van der Waals surface area contributed by atoms with E-state index in [4.69, 9.17) is 4.74 Å². The molecule has 1 aliphatic rings. The third-order valence-electron chi connectivity index (χ3n) is 1.23. The second-order valence-corrected chi connectivity index (χ2v) is 1.74. The molecule has 12 heavy (non-hydrogen) atoms. The lowest BCUT2D eigenvalue weighted by Gasteiger charge is -1.85. The molecule has 2 rings (SSSR count). The van der Waals surface area contributed by atoms with E-state index in [0.717, 1.165) is 19.0 Å². The summed E-state index contributed by atoms with van der Waals surface area (Å²) in [6.45, 7) is 9.69. The summed E-state index contributed by atoms with van der Waals surface area (Å²) in [4.78, 5) is 0. The second-order valence-electron chi connectivity index (χ2n) is 1.74. The molecular formula is C9H18N2O. The van der Waals surface area contributed by atoms with Gasteiger partial charge in [0.15, 0.2) is 0 Å². The van der Waals surface area contributed by atoms with E-state index in [2.05, 4.69) is 5.10 Å². The highest BCUT2D eigenvalue weighted by Crippen LogP contribution is 2.13. The summed E-state index contributed by atoms with van der Waals surface area (Å²) in [5.74, 6) is 0.894. The smallest absolute Gasteiger partial charge is 0.211 e. The molecule has 0 atom stereocenters. The summed E-state index contributed by atoms with van der Waals surface area (Å²) in [5, 5.41) is 3.99. The molecule has 0 amide bonds. The number of ether oxygens (including phenoxy) is 1. The van der Waals surface area contributed by atoms with Gasteiger partial charge < -0.3 is 4.74 Å². The maximum Gasteiger partial charge on any atom is 0.211 e. The van der Waals surface area contributed by atoms with Gasteiger partial charge in [0, 0.05) is 6.07 Å². The van der Waals surface area contributed by atoms with Crippen molar-refractivity contribution in [2.75, 3.05) is 6.61 Å². The van der Waals surface area contributed by atoms with Crippen LogP contribution in [-0.4, -0.2) is 16.4 Å². The lowest BCUT2D eigenvalue weighted by atomic mass is 10.7. The zero-order chi connectivity index (χ0) is 9.40. The van der Waals surface area contributed by atoms with Gasteiger partial charge in [-0.15, -0.1) is 0 Å². The Hall–Kier alpha value is -0.990. The Balaban J connectivity index is 0.000000269. The molecule has 3 nitrogen and oxygen atoms in total. The maximum atomic E-state index is 5.14. The molecule has 0 saturated carbocycles. The van der Waals surface area contributed by atoms with Gasteiger partial charge in [-0.1, -0.05) is 27.7 Å². The molecule has 70 valence electrons. The Morgan fingerprint density at radius 3 is 2.58 bits per heavy atom. The van der Waals surface area contributed by atoms with Crippen molar-refractivity contribution in [1.82, 2.24) is 9.78 Å². The minimum absolute atomic E-state index is 0.781. The first kappa shape index (κ1) is 11.0. The van der Waals surface area contributed by atoms with Gasteiger partial charge in [-0.2, -0.15) is 5.10 Å². The molecule has 0 aliphatic carbocycles. The third-order valence-corrected chi connectivity index (χ3v) is 1.23. The normalized spacial score (nSPS) is 11.3. The topological polar surface area (TPSA) is 27.1 Å². The highest BCUT2D eigenvalue weighted by Gasteiger charge is 2.08. The van der Waals surface area contributed by atoms with E-state index in [1.165, 1.54) is 0 Å². The van der Waals surface area contributed by atoms with Gasteiger partial charge in [-0.3, -0.25) is 0 Å². The summed E-state index contributed by atoms with van der Waals surface area (Å²) in [6.07, 6.45) is 1.74. The first-order chi connectivity index (χ1) is 5.97. The highest BCUT2D eigenvalue weighted by atomic mass is 16.5. The van der Waals surface area contributed by atoms with Gasteiger partial charge in [0.2, 0.25) is 5.88 Å². The van der Waals surface area contributed by atoms with E-state index in [1.54, 1.807) is 6.20 Å². The van der Waals surface area contributed by atoms with Crippen molar-refractivity contribution in [1.29, 1.82) is 0 Å². The number of hydrogen-bond acceptors (Lipinski definition) is 2.